The first kappa shape index (κ1) is 15.8. The molecule has 0 amide bonds. The van der Waals surface area contributed by atoms with E-state index in [1.807, 2.05) is 19.1 Å². The number of nitrogens with one attached hydrogen (secondary N) is 1. The molecule has 1 spiro atoms. The normalized spacial score (nSPS) is 31.0. The Labute approximate surface area is 135 Å². The maximum absolute atomic E-state index is 11.0. The Kier molecular flexibility index (Phi) is 4.44. The number of carbonyl (C=O) groups is 1. The van der Waals surface area contributed by atoms with E-state index in [-0.39, 0.29) is 11.5 Å². The number of aryl methyl sites for hydroxylation is 1. The topological polar surface area (TPSA) is 58.6 Å². The quantitative estimate of drug-likeness (QED) is 0.893. The summed E-state index contributed by atoms with van der Waals surface area (Å²) in [7, 11) is 0. The van der Waals surface area contributed by atoms with Gasteiger partial charge >= 0.3 is 5.97 Å². The Bertz CT molecular complexity index is 549. The highest BCUT2D eigenvalue weighted by atomic mass is 35.5. The number of ether oxygens (including phenoxy) is 1. The van der Waals surface area contributed by atoms with Crippen LogP contribution in [0.3, 0.4) is 0 Å². The van der Waals surface area contributed by atoms with Crippen LogP contribution in [-0.2, 0) is 16.1 Å². The minimum absolute atomic E-state index is 0.205. The van der Waals surface area contributed by atoms with Gasteiger partial charge in [0.1, 0.15) is 0 Å². The van der Waals surface area contributed by atoms with Crippen LogP contribution in [0.15, 0.2) is 18.2 Å². The van der Waals surface area contributed by atoms with Crippen molar-refractivity contribution in [3.63, 3.8) is 0 Å². The van der Waals surface area contributed by atoms with E-state index in [1.54, 1.807) is 0 Å². The van der Waals surface area contributed by atoms with Crippen molar-refractivity contribution in [1.82, 2.24) is 5.32 Å². The van der Waals surface area contributed by atoms with Crippen LogP contribution in [0.5, 0.6) is 0 Å². The lowest BCUT2D eigenvalue weighted by Gasteiger charge is -2.50. The number of benzene rings is 1. The van der Waals surface area contributed by atoms with Crippen LogP contribution in [0.25, 0.3) is 0 Å². The highest BCUT2D eigenvalue weighted by molar-refractivity contribution is 6.30. The van der Waals surface area contributed by atoms with Crippen LogP contribution in [0.1, 0.15) is 36.8 Å². The van der Waals surface area contributed by atoms with E-state index in [4.69, 9.17) is 21.4 Å². The van der Waals surface area contributed by atoms with Gasteiger partial charge in [0, 0.05) is 24.2 Å². The standard InChI is InChI=1S/C17H22ClNO3/c1-11-4-12(6-14(18)5-11)10-19-15-2-3-22-17(9-15)7-13(8-17)16(20)21/h4-6,13,15,19H,2-3,7-10H2,1H3,(H,20,21)/t13?,15-,17?/m0/s1. The van der Waals surface area contributed by atoms with Crippen LogP contribution in [0, 0.1) is 12.8 Å². The average Bonchev–Trinajstić information content (AvgIpc) is 2.41. The predicted molar refractivity (Wildman–Crippen MR) is 85.1 cm³/mol. The smallest absolute Gasteiger partial charge is 0.306 e. The fourth-order valence-corrected chi connectivity index (χ4v) is 3.99. The van der Waals surface area contributed by atoms with Gasteiger partial charge in [-0.15, -0.1) is 0 Å². The van der Waals surface area contributed by atoms with Gasteiger partial charge in [-0.3, -0.25) is 4.79 Å². The van der Waals surface area contributed by atoms with Crippen LogP contribution in [0.4, 0.5) is 0 Å². The fourth-order valence-electron chi connectivity index (χ4n) is 3.68. The van der Waals surface area contributed by atoms with E-state index < -0.39 is 5.97 Å². The molecule has 1 aromatic carbocycles. The number of hydrogen-bond donors (Lipinski definition) is 2. The number of rotatable bonds is 4. The third-order valence-electron chi connectivity index (χ3n) is 4.78. The van der Waals surface area contributed by atoms with Gasteiger partial charge in [0.05, 0.1) is 11.5 Å². The lowest BCUT2D eigenvalue weighted by Crippen LogP contribution is -2.55. The minimum Gasteiger partial charge on any atom is -0.481 e. The highest BCUT2D eigenvalue weighted by Crippen LogP contribution is 2.46. The molecule has 0 radical (unpaired) electrons. The second kappa shape index (κ2) is 6.19. The van der Waals surface area contributed by atoms with Crippen molar-refractivity contribution in [2.45, 2.75) is 50.8 Å². The maximum Gasteiger partial charge on any atom is 0.306 e. The summed E-state index contributed by atoms with van der Waals surface area (Å²) in [6, 6.07) is 6.45. The number of carboxylic acids is 1. The Morgan fingerprint density at radius 1 is 1.41 bits per heavy atom. The zero-order chi connectivity index (χ0) is 15.7. The zero-order valence-corrected chi connectivity index (χ0v) is 13.5. The molecule has 1 aliphatic carbocycles. The molecule has 1 aromatic rings. The molecule has 1 saturated heterocycles. The third-order valence-corrected chi connectivity index (χ3v) is 4.99. The molecule has 120 valence electrons. The monoisotopic (exact) mass is 323 g/mol. The van der Waals surface area contributed by atoms with Gasteiger partial charge in [0.15, 0.2) is 0 Å². The first-order chi connectivity index (χ1) is 10.5. The van der Waals surface area contributed by atoms with Gasteiger partial charge in [-0.25, -0.2) is 0 Å². The molecule has 1 atom stereocenters. The van der Waals surface area contributed by atoms with Gasteiger partial charge in [-0.1, -0.05) is 17.7 Å². The van der Waals surface area contributed by atoms with Crippen LogP contribution in [-0.4, -0.2) is 29.3 Å². The molecule has 1 heterocycles. The fraction of sp³-hybridized carbons (Fsp3) is 0.588. The first-order valence-corrected chi connectivity index (χ1v) is 8.20. The van der Waals surface area contributed by atoms with Crippen molar-refractivity contribution in [1.29, 1.82) is 0 Å². The summed E-state index contributed by atoms with van der Waals surface area (Å²) in [6.07, 6.45) is 3.17. The van der Waals surface area contributed by atoms with E-state index >= 15 is 0 Å². The summed E-state index contributed by atoms with van der Waals surface area (Å²) in [5.74, 6) is -0.923. The highest BCUT2D eigenvalue weighted by Gasteiger charge is 2.50. The zero-order valence-electron chi connectivity index (χ0n) is 12.8. The van der Waals surface area contributed by atoms with E-state index in [0.29, 0.717) is 25.5 Å². The molecule has 5 heteroatoms. The maximum atomic E-state index is 11.0. The molecule has 1 aliphatic heterocycles. The van der Waals surface area contributed by atoms with Crippen molar-refractivity contribution in [3.8, 4) is 0 Å². The number of halogens is 1. The molecule has 1 saturated carbocycles. The third kappa shape index (κ3) is 3.45. The molecular weight excluding hydrogens is 302 g/mol. The van der Waals surface area contributed by atoms with E-state index in [1.165, 1.54) is 5.56 Å². The Hall–Kier alpha value is -1.10. The van der Waals surface area contributed by atoms with Crippen LogP contribution < -0.4 is 5.32 Å². The van der Waals surface area contributed by atoms with Gasteiger partial charge in [-0.05, 0) is 55.9 Å². The van der Waals surface area contributed by atoms with E-state index in [9.17, 15) is 4.79 Å². The Balaban J connectivity index is 1.54. The second-order valence-corrected chi connectivity index (χ2v) is 7.12. The van der Waals surface area contributed by atoms with Crippen molar-refractivity contribution >= 4 is 17.6 Å². The summed E-state index contributed by atoms with van der Waals surface area (Å²) in [6.45, 7) is 3.53. The van der Waals surface area contributed by atoms with Crippen molar-refractivity contribution in [3.05, 3.63) is 34.3 Å². The van der Waals surface area contributed by atoms with Crippen LogP contribution in [0.2, 0.25) is 5.02 Å². The average molecular weight is 324 g/mol. The van der Waals surface area contributed by atoms with Gasteiger partial charge in [0.2, 0.25) is 0 Å². The summed E-state index contributed by atoms with van der Waals surface area (Å²) in [4.78, 5) is 11.0. The molecule has 0 aromatic heterocycles. The summed E-state index contributed by atoms with van der Waals surface area (Å²) in [5.41, 5.74) is 2.14. The molecule has 2 N–H and O–H groups in total. The molecule has 4 nitrogen and oxygen atoms in total. The molecule has 0 bridgehead atoms. The van der Waals surface area contributed by atoms with E-state index in [0.717, 1.165) is 30.0 Å². The van der Waals surface area contributed by atoms with Crippen molar-refractivity contribution in [2.75, 3.05) is 6.61 Å². The molecule has 2 aliphatic rings. The molecular formula is C17H22ClNO3. The number of carboxylic acid groups (broad SMARTS) is 1. The lowest BCUT2D eigenvalue weighted by molar-refractivity contribution is -0.181. The second-order valence-electron chi connectivity index (χ2n) is 6.68. The number of hydrogen-bond acceptors (Lipinski definition) is 3. The Morgan fingerprint density at radius 2 is 2.18 bits per heavy atom. The lowest BCUT2D eigenvalue weighted by atomic mass is 9.66. The van der Waals surface area contributed by atoms with Crippen molar-refractivity contribution < 1.29 is 14.6 Å². The molecule has 3 rings (SSSR count). The summed E-state index contributed by atoms with van der Waals surface area (Å²) < 4.78 is 5.88. The summed E-state index contributed by atoms with van der Waals surface area (Å²) in [5, 5.41) is 13.4. The molecule has 0 unspecified atom stereocenters. The predicted octanol–water partition coefficient (Wildman–Crippen LogP) is 3.15. The van der Waals surface area contributed by atoms with Gasteiger partial charge in [-0.2, -0.15) is 0 Å². The first-order valence-electron chi connectivity index (χ1n) is 7.82. The number of aliphatic carboxylic acids is 1. The summed E-state index contributed by atoms with van der Waals surface area (Å²) >= 11 is 6.09. The minimum atomic E-state index is -0.696. The molecule has 2 fully saturated rings. The SMILES string of the molecule is Cc1cc(Cl)cc(CN[C@H]2CCOC3(CC(C(=O)O)C3)C2)c1. The largest absolute Gasteiger partial charge is 0.481 e. The van der Waals surface area contributed by atoms with Crippen LogP contribution >= 0.6 is 11.6 Å². The Morgan fingerprint density at radius 3 is 2.86 bits per heavy atom. The van der Waals surface area contributed by atoms with Crippen molar-refractivity contribution in [2.24, 2.45) is 5.92 Å². The molecule has 22 heavy (non-hydrogen) atoms. The van der Waals surface area contributed by atoms with Gasteiger partial charge in [0.25, 0.3) is 0 Å². The van der Waals surface area contributed by atoms with Gasteiger partial charge < -0.3 is 15.2 Å². The van der Waals surface area contributed by atoms with E-state index in [2.05, 4.69) is 11.4 Å².